The maximum absolute atomic E-state index is 14.7. The third-order valence-electron chi connectivity index (χ3n) is 10.3. The Morgan fingerprint density at radius 1 is 0.288 bits per heavy atom. The van der Waals surface area contributed by atoms with Crippen LogP contribution >= 0.6 is 0 Å². The van der Waals surface area contributed by atoms with Crippen LogP contribution in [0.4, 0.5) is 11.4 Å². The summed E-state index contributed by atoms with van der Waals surface area (Å²) in [6.07, 6.45) is 0. The Balaban J connectivity index is 1.17. The Bertz CT molecular complexity index is 2610. The van der Waals surface area contributed by atoms with Crippen LogP contribution in [0, 0.1) is 0 Å². The summed E-state index contributed by atoms with van der Waals surface area (Å²) in [5, 5.41) is 3.92. The number of rotatable bonds is 4. The van der Waals surface area contributed by atoms with Crippen LogP contribution < -0.4 is 9.80 Å². The predicted molar refractivity (Wildman–Crippen MR) is 205 cm³/mol. The first kappa shape index (κ1) is 29.7. The van der Waals surface area contributed by atoms with E-state index in [9.17, 15) is 19.2 Å². The molecule has 6 heteroatoms. The van der Waals surface area contributed by atoms with Gasteiger partial charge in [0.2, 0.25) is 0 Å². The first-order valence-corrected chi connectivity index (χ1v) is 17.0. The normalized spacial score (nSPS) is 13.8. The van der Waals surface area contributed by atoms with E-state index in [1.165, 1.54) is 9.80 Å². The van der Waals surface area contributed by atoms with Crippen LogP contribution in [-0.4, -0.2) is 23.6 Å². The molecule has 0 atom stereocenters. The summed E-state index contributed by atoms with van der Waals surface area (Å²) in [5.74, 6) is -2.06. The highest BCUT2D eigenvalue weighted by Gasteiger charge is 2.42. The zero-order chi connectivity index (χ0) is 35.1. The number of nitrogens with zero attached hydrogens (tertiary/aromatic N) is 2. The number of carbonyl (C=O) groups excluding carboxylic acids is 4. The summed E-state index contributed by atoms with van der Waals surface area (Å²) in [5.41, 5.74) is 5.19. The monoisotopic (exact) mass is 670 g/mol. The van der Waals surface area contributed by atoms with Crippen LogP contribution in [0.2, 0.25) is 0 Å². The number of hydrogen-bond acceptors (Lipinski definition) is 4. The number of amides is 4. The van der Waals surface area contributed by atoms with Gasteiger partial charge in [0, 0.05) is 54.9 Å². The van der Waals surface area contributed by atoms with Gasteiger partial charge in [-0.15, -0.1) is 0 Å². The summed E-state index contributed by atoms with van der Waals surface area (Å²) >= 11 is 0. The van der Waals surface area contributed by atoms with Crippen molar-refractivity contribution in [2.75, 3.05) is 9.80 Å². The molecule has 52 heavy (non-hydrogen) atoms. The van der Waals surface area contributed by atoms with E-state index in [0.717, 1.165) is 43.8 Å². The molecule has 8 aromatic rings. The minimum atomic E-state index is -0.516. The molecular weight excluding hydrogens is 645 g/mol. The smallest absolute Gasteiger partial charge is 0.266 e. The molecule has 0 fully saturated rings. The molecule has 2 aliphatic rings. The van der Waals surface area contributed by atoms with Crippen molar-refractivity contribution in [1.29, 1.82) is 0 Å². The summed E-state index contributed by atoms with van der Waals surface area (Å²) in [4.78, 5) is 61.3. The first-order valence-electron chi connectivity index (χ1n) is 17.0. The van der Waals surface area contributed by atoms with Crippen molar-refractivity contribution in [3.05, 3.63) is 180 Å². The summed E-state index contributed by atoms with van der Waals surface area (Å²) in [7, 11) is 0. The van der Waals surface area contributed by atoms with E-state index in [1.54, 1.807) is 24.3 Å². The molecule has 2 heterocycles. The van der Waals surface area contributed by atoms with Crippen molar-refractivity contribution >= 4 is 67.3 Å². The van der Waals surface area contributed by atoms with Crippen LogP contribution in [0.25, 0.3) is 54.6 Å². The van der Waals surface area contributed by atoms with Gasteiger partial charge in [-0.3, -0.25) is 19.2 Å². The van der Waals surface area contributed by atoms with Crippen molar-refractivity contribution in [3.8, 4) is 22.3 Å². The minimum Gasteiger partial charge on any atom is -0.268 e. The molecule has 8 aromatic carbocycles. The standard InChI is InChI=1S/C46H26N2O4/c49-43-35-23-25-37-40-38(46(52)48(45(37)51)42-32-18-10-8-16-30(32)20-22-34(42)28-13-5-2-6-14-28)26-24-36(39(35)40)44(50)47(43)41-31-17-9-7-15-29(31)19-21-33(41)27-11-3-1-4-12-27/h1-26H. The molecular formula is C46H26N2O4. The average Bonchev–Trinajstić information content (AvgIpc) is 3.20. The maximum Gasteiger partial charge on any atom is 0.266 e. The average molecular weight is 671 g/mol. The Hall–Kier alpha value is -7.18. The zero-order valence-electron chi connectivity index (χ0n) is 27.5. The summed E-state index contributed by atoms with van der Waals surface area (Å²) < 4.78 is 0. The number of anilines is 2. The highest BCUT2D eigenvalue weighted by atomic mass is 16.2. The molecule has 244 valence electrons. The molecule has 0 aliphatic carbocycles. The second-order valence-corrected chi connectivity index (χ2v) is 13.1. The van der Waals surface area contributed by atoms with Crippen LogP contribution in [0.5, 0.6) is 0 Å². The lowest BCUT2D eigenvalue weighted by Gasteiger charge is -2.34. The van der Waals surface area contributed by atoms with E-state index in [2.05, 4.69) is 0 Å². The molecule has 10 rings (SSSR count). The van der Waals surface area contributed by atoms with E-state index in [4.69, 9.17) is 0 Å². The van der Waals surface area contributed by atoms with Crippen LogP contribution in [0.1, 0.15) is 41.4 Å². The second kappa shape index (κ2) is 11.2. The lowest BCUT2D eigenvalue weighted by molar-refractivity contribution is 0.0873. The largest absolute Gasteiger partial charge is 0.268 e. The third kappa shape index (κ3) is 4.12. The highest BCUT2D eigenvalue weighted by molar-refractivity contribution is 6.44. The van der Waals surface area contributed by atoms with Crippen molar-refractivity contribution in [2.24, 2.45) is 0 Å². The zero-order valence-corrected chi connectivity index (χ0v) is 27.5. The number of imide groups is 2. The maximum atomic E-state index is 14.7. The molecule has 2 aliphatic heterocycles. The fraction of sp³-hybridized carbons (Fsp3) is 0. The number of benzene rings is 8. The van der Waals surface area contributed by atoms with Crippen molar-refractivity contribution in [2.45, 2.75) is 0 Å². The molecule has 6 nitrogen and oxygen atoms in total. The van der Waals surface area contributed by atoms with Gasteiger partial charge in [-0.1, -0.05) is 133 Å². The molecule has 0 N–H and O–H groups in total. The predicted octanol–water partition coefficient (Wildman–Crippen LogP) is 10.1. The number of carbonyl (C=O) groups is 4. The van der Waals surface area contributed by atoms with E-state index in [0.29, 0.717) is 22.1 Å². The molecule has 0 saturated heterocycles. The van der Waals surface area contributed by atoms with Gasteiger partial charge in [-0.05, 0) is 46.2 Å². The van der Waals surface area contributed by atoms with Gasteiger partial charge < -0.3 is 0 Å². The Morgan fingerprint density at radius 2 is 0.596 bits per heavy atom. The lowest BCUT2D eigenvalue weighted by atomic mass is 9.84. The van der Waals surface area contributed by atoms with Gasteiger partial charge in [0.15, 0.2) is 0 Å². The van der Waals surface area contributed by atoms with Gasteiger partial charge in [0.1, 0.15) is 0 Å². The van der Waals surface area contributed by atoms with E-state index in [1.807, 2.05) is 133 Å². The van der Waals surface area contributed by atoms with Crippen LogP contribution in [0.15, 0.2) is 158 Å². The van der Waals surface area contributed by atoms with Crippen LogP contribution in [0.3, 0.4) is 0 Å². The van der Waals surface area contributed by atoms with E-state index >= 15 is 0 Å². The van der Waals surface area contributed by atoms with Gasteiger partial charge in [-0.25, -0.2) is 9.80 Å². The third-order valence-corrected chi connectivity index (χ3v) is 10.3. The Labute approximate surface area is 297 Å². The van der Waals surface area contributed by atoms with Crippen LogP contribution in [-0.2, 0) is 0 Å². The minimum absolute atomic E-state index is 0.256. The Morgan fingerprint density at radius 3 is 0.962 bits per heavy atom. The van der Waals surface area contributed by atoms with Gasteiger partial charge in [0.05, 0.1) is 11.4 Å². The molecule has 4 amide bonds. The molecule has 0 aromatic heterocycles. The highest BCUT2D eigenvalue weighted by Crippen LogP contribution is 2.46. The van der Waals surface area contributed by atoms with E-state index in [-0.39, 0.29) is 22.3 Å². The fourth-order valence-corrected chi connectivity index (χ4v) is 7.97. The molecule has 0 spiro atoms. The summed E-state index contributed by atoms with van der Waals surface area (Å²) in [6.45, 7) is 0. The molecule has 0 unspecified atom stereocenters. The topological polar surface area (TPSA) is 74.8 Å². The van der Waals surface area contributed by atoms with Crippen molar-refractivity contribution in [1.82, 2.24) is 0 Å². The summed E-state index contributed by atoms with van der Waals surface area (Å²) in [6, 6.07) is 49.0. The lowest BCUT2D eigenvalue weighted by Crippen LogP contribution is -2.44. The number of fused-ring (bicyclic) bond motifs is 2. The van der Waals surface area contributed by atoms with Gasteiger partial charge >= 0.3 is 0 Å². The quantitative estimate of drug-likeness (QED) is 0.175. The molecule has 0 radical (unpaired) electrons. The SMILES string of the molecule is O=C1c2ccc3c4c(ccc(c24)C(=O)N1c1c(-c2ccccc2)ccc2ccccc12)C(=O)N(c1c(-c2ccccc2)ccc2ccccc12)C3=O. The molecule has 0 saturated carbocycles. The Kier molecular flexibility index (Phi) is 6.38. The van der Waals surface area contributed by atoms with Gasteiger partial charge in [-0.2, -0.15) is 0 Å². The second-order valence-electron chi connectivity index (χ2n) is 13.1. The number of hydrogen-bond donors (Lipinski definition) is 0. The van der Waals surface area contributed by atoms with E-state index < -0.39 is 23.6 Å². The van der Waals surface area contributed by atoms with Crippen molar-refractivity contribution in [3.63, 3.8) is 0 Å². The fourth-order valence-electron chi connectivity index (χ4n) is 7.97. The van der Waals surface area contributed by atoms with Gasteiger partial charge in [0.25, 0.3) is 23.6 Å². The molecule has 0 bridgehead atoms. The van der Waals surface area contributed by atoms with Crippen molar-refractivity contribution < 1.29 is 19.2 Å². The first-order chi connectivity index (χ1) is 25.5.